The van der Waals surface area contributed by atoms with Gasteiger partial charge in [0.1, 0.15) is 4.92 Å². The molecule has 1 aromatic rings. The minimum atomic E-state index is -0.736. The highest BCUT2D eigenvalue weighted by Gasteiger charge is 2.16. The molecule has 1 N–H and O–H groups in total. The number of rotatable bonds is 4. The molecule has 0 saturated heterocycles. The van der Waals surface area contributed by atoms with Gasteiger partial charge in [0.05, 0.1) is 12.3 Å². The average Bonchev–Trinajstić information content (AvgIpc) is 2.65. The second kappa shape index (κ2) is 5.21. The molecule has 0 aromatic carbocycles. The summed E-state index contributed by atoms with van der Waals surface area (Å²) in [5.41, 5.74) is 2.11. The molecule has 0 radical (unpaired) electrons. The van der Waals surface area contributed by atoms with E-state index in [-0.39, 0.29) is 5.76 Å². The molecule has 0 aliphatic heterocycles. The molecule has 84 valence electrons. The Morgan fingerprint density at radius 2 is 2.38 bits per heavy atom. The molecule has 7 nitrogen and oxygen atoms in total. The lowest BCUT2D eigenvalue weighted by atomic mass is 10.4. The fraction of sp³-hybridized carbons (Fsp3) is 0. The average molecular weight is 288 g/mol. The summed E-state index contributed by atoms with van der Waals surface area (Å²) < 4.78 is 5.12. The molecule has 1 aromatic heterocycles. The van der Waals surface area contributed by atoms with Gasteiger partial charge in [-0.05, 0) is 22.0 Å². The van der Waals surface area contributed by atoms with E-state index in [1.165, 1.54) is 12.3 Å². The van der Waals surface area contributed by atoms with Crippen molar-refractivity contribution in [2.75, 3.05) is 0 Å². The van der Waals surface area contributed by atoms with Gasteiger partial charge >= 0.3 is 11.8 Å². The predicted molar refractivity (Wildman–Crippen MR) is 59.4 cm³/mol. The summed E-state index contributed by atoms with van der Waals surface area (Å²) in [5, 5.41) is 13.8. The summed E-state index contributed by atoms with van der Waals surface area (Å²) in [7, 11) is 0. The molecule has 0 aliphatic carbocycles. The molecule has 0 atom stereocenters. The monoisotopic (exact) mass is 287 g/mol. The van der Waals surface area contributed by atoms with Crippen LogP contribution in [-0.2, 0) is 0 Å². The Kier molecular flexibility index (Phi) is 3.95. The van der Waals surface area contributed by atoms with Crippen molar-refractivity contribution in [1.29, 1.82) is 0 Å². The zero-order valence-electron chi connectivity index (χ0n) is 7.84. The molecule has 0 bridgehead atoms. The Balaban J connectivity index is 2.66. The molecular weight excluding hydrogens is 282 g/mol. The molecule has 0 aliphatic rings. The van der Waals surface area contributed by atoms with E-state index >= 15 is 0 Å². The number of amides is 1. The Bertz CT molecular complexity index is 466. The molecule has 16 heavy (non-hydrogen) atoms. The van der Waals surface area contributed by atoms with Gasteiger partial charge in [0.15, 0.2) is 0 Å². The van der Waals surface area contributed by atoms with E-state index in [1.54, 1.807) is 0 Å². The highest BCUT2D eigenvalue weighted by Crippen LogP contribution is 2.15. The number of nitrogens with zero attached hydrogens (tertiary/aromatic N) is 2. The maximum Gasteiger partial charge on any atom is 0.433 e. The van der Waals surface area contributed by atoms with Gasteiger partial charge < -0.3 is 4.42 Å². The van der Waals surface area contributed by atoms with Crippen LogP contribution in [0.5, 0.6) is 0 Å². The molecule has 0 unspecified atom stereocenters. The summed E-state index contributed by atoms with van der Waals surface area (Å²) in [6, 6.07) is 2.27. The van der Waals surface area contributed by atoms with Gasteiger partial charge in [-0.25, -0.2) is 5.43 Å². The van der Waals surface area contributed by atoms with Gasteiger partial charge in [-0.2, -0.15) is 5.10 Å². The van der Waals surface area contributed by atoms with Crippen molar-refractivity contribution in [2.24, 2.45) is 5.10 Å². The number of carbonyl (C=O) groups is 1. The fourth-order valence-corrected chi connectivity index (χ4v) is 0.866. The van der Waals surface area contributed by atoms with Gasteiger partial charge in [0.25, 0.3) is 0 Å². The van der Waals surface area contributed by atoms with Crippen LogP contribution in [-0.4, -0.2) is 17.0 Å². The van der Waals surface area contributed by atoms with Crippen LogP contribution in [0, 0.1) is 10.1 Å². The number of nitro groups is 1. The zero-order chi connectivity index (χ0) is 12.1. The van der Waals surface area contributed by atoms with Crippen LogP contribution in [0.25, 0.3) is 0 Å². The largest absolute Gasteiger partial charge is 0.433 e. The minimum absolute atomic E-state index is 0.191. The number of halogens is 1. The summed E-state index contributed by atoms with van der Waals surface area (Å²) in [6.45, 7) is 3.46. The third kappa shape index (κ3) is 3.31. The van der Waals surface area contributed by atoms with Crippen LogP contribution >= 0.6 is 15.9 Å². The van der Waals surface area contributed by atoms with Crippen molar-refractivity contribution < 1.29 is 14.1 Å². The lowest BCUT2D eigenvalue weighted by molar-refractivity contribution is -0.402. The van der Waals surface area contributed by atoms with Crippen molar-refractivity contribution >= 4 is 33.9 Å². The molecule has 1 amide bonds. The van der Waals surface area contributed by atoms with E-state index in [0.717, 1.165) is 6.07 Å². The third-order valence-corrected chi connectivity index (χ3v) is 1.57. The van der Waals surface area contributed by atoms with Crippen LogP contribution in [0.2, 0.25) is 0 Å². The van der Waals surface area contributed by atoms with Crippen LogP contribution in [0.3, 0.4) is 0 Å². The van der Waals surface area contributed by atoms with Gasteiger partial charge in [-0.15, -0.1) is 0 Å². The summed E-state index contributed by atoms with van der Waals surface area (Å²) >= 11 is 3.00. The summed E-state index contributed by atoms with van der Waals surface area (Å²) in [5.74, 6) is -1.37. The lowest BCUT2D eigenvalue weighted by Gasteiger charge is -1.93. The Morgan fingerprint density at radius 1 is 1.69 bits per heavy atom. The predicted octanol–water partition coefficient (Wildman–Crippen LogP) is 1.81. The van der Waals surface area contributed by atoms with Gasteiger partial charge in [0.2, 0.25) is 5.76 Å². The Morgan fingerprint density at radius 3 is 2.88 bits per heavy atom. The number of allylic oxidation sites excluding steroid dienone is 1. The number of carbonyl (C=O) groups excluding carboxylic acids is 1. The maximum absolute atomic E-state index is 11.3. The first-order valence-corrected chi connectivity index (χ1v) is 4.72. The van der Waals surface area contributed by atoms with Crippen LogP contribution < -0.4 is 5.43 Å². The molecular formula is C8H6BrN3O4. The first kappa shape index (κ1) is 12.1. The lowest BCUT2D eigenvalue weighted by Crippen LogP contribution is -2.16. The smallest absolute Gasteiger partial charge is 0.395 e. The SMILES string of the molecule is C=C(Br)C=NNC(=O)c1ccc([N+](=O)[O-])o1. The number of hydrogen-bond donors (Lipinski definition) is 1. The number of nitrogens with one attached hydrogen (secondary N) is 1. The highest BCUT2D eigenvalue weighted by atomic mass is 79.9. The van der Waals surface area contributed by atoms with E-state index in [4.69, 9.17) is 0 Å². The Hall–Kier alpha value is -1.96. The first-order valence-electron chi connectivity index (χ1n) is 3.92. The van der Waals surface area contributed by atoms with Crippen LogP contribution in [0.15, 0.2) is 32.7 Å². The normalized spacial score (nSPS) is 10.3. The van der Waals surface area contributed by atoms with Crippen molar-refractivity contribution in [2.45, 2.75) is 0 Å². The maximum atomic E-state index is 11.3. The van der Waals surface area contributed by atoms with Gasteiger partial charge in [0, 0.05) is 4.48 Å². The molecule has 1 rings (SSSR count). The number of hydrazone groups is 1. The van der Waals surface area contributed by atoms with E-state index in [2.05, 4.69) is 37.5 Å². The molecule has 0 spiro atoms. The molecule has 0 fully saturated rings. The highest BCUT2D eigenvalue weighted by molar-refractivity contribution is 9.12. The number of hydrogen-bond acceptors (Lipinski definition) is 5. The second-order valence-corrected chi connectivity index (χ2v) is 3.56. The van der Waals surface area contributed by atoms with Crippen molar-refractivity contribution in [3.05, 3.63) is 39.1 Å². The van der Waals surface area contributed by atoms with Gasteiger partial charge in [-0.1, -0.05) is 6.58 Å². The zero-order valence-corrected chi connectivity index (χ0v) is 9.43. The minimum Gasteiger partial charge on any atom is -0.395 e. The topological polar surface area (TPSA) is 97.7 Å². The third-order valence-electron chi connectivity index (χ3n) is 1.37. The van der Waals surface area contributed by atoms with Crippen LogP contribution in [0.1, 0.15) is 10.6 Å². The van der Waals surface area contributed by atoms with E-state index < -0.39 is 16.7 Å². The standard InChI is InChI=1S/C8H6BrN3O4/c1-5(9)4-10-11-8(13)6-2-3-7(16-6)12(14)15/h2-4H,1H2,(H,11,13). The summed E-state index contributed by atoms with van der Waals surface area (Å²) in [4.78, 5) is 20.8. The quantitative estimate of drug-likeness (QED) is 0.519. The first-order chi connectivity index (χ1) is 7.50. The van der Waals surface area contributed by atoms with E-state index in [9.17, 15) is 14.9 Å². The van der Waals surface area contributed by atoms with Crippen LogP contribution in [0.4, 0.5) is 5.88 Å². The van der Waals surface area contributed by atoms with E-state index in [1.807, 2.05) is 0 Å². The summed E-state index contributed by atoms with van der Waals surface area (Å²) in [6.07, 6.45) is 1.26. The number of furan rings is 1. The molecule has 8 heteroatoms. The molecule has 0 saturated carbocycles. The Labute approximate surface area is 98.1 Å². The van der Waals surface area contributed by atoms with Gasteiger partial charge in [-0.3, -0.25) is 14.9 Å². The van der Waals surface area contributed by atoms with Crippen molar-refractivity contribution in [3.63, 3.8) is 0 Å². The molecule has 1 heterocycles. The second-order valence-electron chi connectivity index (χ2n) is 2.54. The van der Waals surface area contributed by atoms with Crippen molar-refractivity contribution in [1.82, 2.24) is 5.43 Å². The fourth-order valence-electron chi connectivity index (χ4n) is 0.764. The van der Waals surface area contributed by atoms with E-state index in [0.29, 0.717) is 4.48 Å². The van der Waals surface area contributed by atoms with Crippen molar-refractivity contribution in [3.8, 4) is 0 Å².